The third-order valence-electron chi connectivity index (χ3n) is 3.31. The molecular formula is C17H27NO2. The molecule has 0 radical (unpaired) electrons. The molecule has 3 heteroatoms. The second kappa shape index (κ2) is 6.78. The first-order valence-corrected chi connectivity index (χ1v) is 7.24. The molecule has 0 aromatic heterocycles. The Bertz CT molecular complexity index is 447. The molecule has 1 atom stereocenters. The molecule has 0 aliphatic rings. The van der Waals surface area contributed by atoms with Gasteiger partial charge in [0, 0.05) is 6.54 Å². The van der Waals surface area contributed by atoms with Gasteiger partial charge in [-0.05, 0) is 43.7 Å². The fourth-order valence-electron chi connectivity index (χ4n) is 1.86. The third kappa shape index (κ3) is 5.64. The minimum absolute atomic E-state index is 0.375. The summed E-state index contributed by atoms with van der Waals surface area (Å²) in [5.74, 6) is 1.11. The maximum atomic E-state index is 11.6. The number of alkyl carbamates (subject to hydrolysis) is 1. The molecule has 1 amide bonds. The fourth-order valence-corrected chi connectivity index (χ4v) is 1.86. The van der Waals surface area contributed by atoms with Crippen LogP contribution in [0.25, 0.3) is 0 Å². The van der Waals surface area contributed by atoms with Gasteiger partial charge in [-0.25, -0.2) is 4.79 Å². The largest absolute Gasteiger partial charge is 0.444 e. The zero-order valence-electron chi connectivity index (χ0n) is 13.5. The molecule has 20 heavy (non-hydrogen) atoms. The summed E-state index contributed by atoms with van der Waals surface area (Å²) < 4.78 is 5.23. The van der Waals surface area contributed by atoms with Crippen molar-refractivity contribution in [3.63, 3.8) is 0 Å². The van der Waals surface area contributed by atoms with Crippen LogP contribution in [0.3, 0.4) is 0 Å². The van der Waals surface area contributed by atoms with Crippen molar-refractivity contribution < 1.29 is 9.53 Å². The van der Waals surface area contributed by atoms with Gasteiger partial charge in [-0.2, -0.15) is 0 Å². The van der Waals surface area contributed by atoms with E-state index in [9.17, 15) is 4.79 Å². The normalized spacial score (nSPS) is 13.2. The Morgan fingerprint density at radius 2 is 1.90 bits per heavy atom. The maximum Gasteiger partial charge on any atom is 0.407 e. The van der Waals surface area contributed by atoms with E-state index in [0.717, 1.165) is 5.56 Å². The molecule has 1 aromatic carbocycles. The van der Waals surface area contributed by atoms with Crippen molar-refractivity contribution in [2.75, 3.05) is 0 Å². The first-order chi connectivity index (χ1) is 9.19. The van der Waals surface area contributed by atoms with Crippen molar-refractivity contribution in [1.82, 2.24) is 5.32 Å². The van der Waals surface area contributed by atoms with E-state index in [2.05, 4.69) is 38.2 Å². The van der Waals surface area contributed by atoms with Crippen molar-refractivity contribution in [1.29, 1.82) is 0 Å². The first kappa shape index (κ1) is 16.5. The van der Waals surface area contributed by atoms with Crippen molar-refractivity contribution in [3.05, 3.63) is 35.4 Å². The molecule has 112 valence electrons. The summed E-state index contributed by atoms with van der Waals surface area (Å²) in [7, 11) is 0. The highest BCUT2D eigenvalue weighted by atomic mass is 16.6. The van der Waals surface area contributed by atoms with Gasteiger partial charge >= 0.3 is 6.09 Å². The van der Waals surface area contributed by atoms with E-state index in [1.165, 1.54) is 5.56 Å². The predicted molar refractivity (Wildman–Crippen MR) is 82.8 cm³/mol. The summed E-state index contributed by atoms with van der Waals surface area (Å²) in [4.78, 5) is 11.6. The van der Waals surface area contributed by atoms with Gasteiger partial charge in [0.25, 0.3) is 0 Å². The lowest BCUT2D eigenvalue weighted by atomic mass is 9.89. The van der Waals surface area contributed by atoms with Crippen LogP contribution in [0.2, 0.25) is 0 Å². The SMILES string of the molecule is CC(C)C(C)c1cccc(CNC(=O)OC(C)(C)C)c1. The minimum Gasteiger partial charge on any atom is -0.444 e. The van der Waals surface area contributed by atoms with E-state index in [0.29, 0.717) is 18.4 Å². The number of rotatable bonds is 4. The third-order valence-corrected chi connectivity index (χ3v) is 3.31. The van der Waals surface area contributed by atoms with Gasteiger partial charge in [-0.1, -0.05) is 45.0 Å². The summed E-state index contributed by atoms with van der Waals surface area (Å²) >= 11 is 0. The quantitative estimate of drug-likeness (QED) is 0.881. The summed E-state index contributed by atoms with van der Waals surface area (Å²) in [6, 6.07) is 8.36. The van der Waals surface area contributed by atoms with Gasteiger partial charge in [0.2, 0.25) is 0 Å². The number of hydrogen-bond donors (Lipinski definition) is 1. The molecule has 0 saturated heterocycles. The van der Waals surface area contributed by atoms with Gasteiger partial charge in [0.1, 0.15) is 5.60 Å². The van der Waals surface area contributed by atoms with E-state index in [1.807, 2.05) is 32.9 Å². The molecule has 1 aromatic rings. The van der Waals surface area contributed by atoms with Crippen LogP contribution >= 0.6 is 0 Å². The van der Waals surface area contributed by atoms with Crippen molar-refractivity contribution in [2.24, 2.45) is 5.92 Å². The Morgan fingerprint density at radius 3 is 2.45 bits per heavy atom. The highest BCUT2D eigenvalue weighted by molar-refractivity contribution is 5.67. The molecule has 0 saturated carbocycles. The van der Waals surface area contributed by atoms with Crippen molar-refractivity contribution in [3.8, 4) is 0 Å². The maximum absolute atomic E-state index is 11.6. The lowest BCUT2D eigenvalue weighted by molar-refractivity contribution is 0.0523. The Labute approximate surface area is 122 Å². The lowest BCUT2D eigenvalue weighted by Gasteiger charge is -2.20. The monoisotopic (exact) mass is 277 g/mol. The molecule has 0 aliphatic carbocycles. The average molecular weight is 277 g/mol. The number of carbonyl (C=O) groups excluding carboxylic acids is 1. The zero-order chi connectivity index (χ0) is 15.3. The van der Waals surface area contributed by atoms with Crippen LogP contribution in [0.1, 0.15) is 58.6 Å². The van der Waals surface area contributed by atoms with Gasteiger partial charge in [0.15, 0.2) is 0 Å². The van der Waals surface area contributed by atoms with Crippen LogP contribution in [-0.2, 0) is 11.3 Å². The smallest absolute Gasteiger partial charge is 0.407 e. The lowest BCUT2D eigenvalue weighted by Crippen LogP contribution is -2.32. The number of ether oxygens (including phenoxy) is 1. The van der Waals surface area contributed by atoms with Crippen LogP contribution in [-0.4, -0.2) is 11.7 Å². The van der Waals surface area contributed by atoms with E-state index in [4.69, 9.17) is 4.74 Å². The van der Waals surface area contributed by atoms with Gasteiger partial charge < -0.3 is 10.1 Å². The van der Waals surface area contributed by atoms with Crippen LogP contribution in [0.5, 0.6) is 0 Å². The highest BCUT2D eigenvalue weighted by Crippen LogP contribution is 2.24. The number of amides is 1. The summed E-state index contributed by atoms with van der Waals surface area (Å²) in [6.07, 6.45) is -0.375. The standard InChI is InChI=1S/C17H27NO2/c1-12(2)13(3)15-9-7-8-14(10-15)11-18-16(19)20-17(4,5)6/h7-10,12-13H,11H2,1-6H3,(H,18,19). The average Bonchev–Trinajstić information content (AvgIpc) is 2.33. The molecule has 1 N–H and O–H groups in total. The Balaban J connectivity index is 2.61. The van der Waals surface area contributed by atoms with Crippen LogP contribution in [0.15, 0.2) is 24.3 Å². The molecule has 0 bridgehead atoms. The Hall–Kier alpha value is -1.51. The highest BCUT2D eigenvalue weighted by Gasteiger charge is 2.16. The van der Waals surface area contributed by atoms with E-state index >= 15 is 0 Å². The minimum atomic E-state index is -0.460. The second-order valence-electron chi connectivity index (χ2n) is 6.63. The first-order valence-electron chi connectivity index (χ1n) is 7.24. The van der Waals surface area contributed by atoms with E-state index in [1.54, 1.807) is 0 Å². The summed E-state index contributed by atoms with van der Waals surface area (Å²) in [5, 5.41) is 2.79. The molecule has 1 unspecified atom stereocenters. The van der Waals surface area contributed by atoms with Crippen molar-refractivity contribution >= 4 is 6.09 Å². The zero-order valence-corrected chi connectivity index (χ0v) is 13.5. The molecule has 0 aliphatic heterocycles. The second-order valence-corrected chi connectivity index (χ2v) is 6.63. The molecule has 0 spiro atoms. The molecule has 3 nitrogen and oxygen atoms in total. The number of carbonyl (C=O) groups is 1. The molecular weight excluding hydrogens is 250 g/mol. The molecule has 1 rings (SSSR count). The molecule has 0 fully saturated rings. The summed E-state index contributed by atoms with van der Waals surface area (Å²) in [6.45, 7) is 12.7. The van der Waals surface area contributed by atoms with Crippen molar-refractivity contribution in [2.45, 2.75) is 59.6 Å². The van der Waals surface area contributed by atoms with E-state index in [-0.39, 0.29) is 6.09 Å². The van der Waals surface area contributed by atoms with Crippen LogP contribution in [0, 0.1) is 5.92 Å². The number of hydrogen-bond acceptors (Lipinski definition) is 2. The van der Waals surface area contributed by atoms with Crippen LogP contribution in [0.4, 0.5) is 4.79 Å². The van der Waals surface area contributed by atoms with E-state index < -0.39 is 5.60 Å². The topological polar surface area (TPSA) is 38.3 Å². The number of nitrogens with one attached hydrogen (secondary N) is 1. The summed E-state index contributed by atoms with van der Waals surface area (Å²) in [5.41, 5.74) is 1.95. The Kier molecular flexibility index (Phi) is 5.61. The fraction of sp³-hybridized carbons (Fsp3) is 0.588. The van der Waals surface area contributed by atoms with Gasteiger partial charge in [-0.15, -0.1) is 0 Å². The Morgan fingerprint density at radius 1 is 1.25 bits per heavy atom. The van der Waals surface area contributed by atoms with Gasteiger partial charge in [-0.3, -0.25) is 0 Å². The predicted octanol–water partition coefficient (Wildman–Crippen LogP) is 4.47. The van der Waals surface area contributed by atoms with Gasteiger partial charge in [0.05, 0.1) is 0 Å². The van der Waals surface area contributed by atoms with Crippen LogP contribution < -0.4 is 5.32 Å². The molecule has 0 heterocycles. The number of benzene rings is 1.